The Kier molecular flexibility index (Phi) is 17.6. The average Bonchev–Trinajstić information content (AvgIpc) is 3.18. The monoisotopic (exact) mass is 840 g/mol. The fourth-order valence-electron chi connectivity index (χ4n) is 6.13. The number of carbonyl (C=O) groups is 6. The number of ether oxygens (including phenoxy) is 6. The largest absolute Gasteiger partial charge is 0.490 e. The number of carboxylic acids is 6. The van der Waals surface area contributed by atoms with Crippen LogP contribution >= 0.6 is 0 Å². The molecule has 0 aliphatic rings. The number of rotatable bonds is 30. The van der Waals surface area contributed by atoms with Crippen molar-refractivity contribution < 1.29 is 87.8 Å². The number of fused-ring (bicyclic) bond motifs is 6. The minimum absolute atomic E-state index is 0.00200. The quantitative estimate of drug-likeness (QED) is 0.0238. The predicted molar refractivity (Wildman–Crippen MR) is 213 cm³/mol. The van der Waals surface area contributed by atoms with Gasteiger partial charge in [0.25, 0.3) is 0 Å². The minimum Gasteiger partial charge on any atom is -0.490 e. The van der Waals surface area contributed by atoms with E-state index in [1.54, 1.807) is 36.4 Å². The molecule has 0 aromatic heterocycles. The van der Waals surface area contributed by atoms with Crippen LogP contribution in [0.2, 0.25) is 0 Å². The predicted octanol–water partition coefficient (Wildman–Crippen LogP) is 6.61. The Labute approximate surface area is 343 Å². The van der Waals surface area contributed by atoms with Crippen molar-refractivity contribution in [2.75, 3.05) is 39.6 Å². The molecule has 0 fully saturated rings. The standard InChI is InChI=1S/C42H48O18/c43-37(44)7-1-13-55-31-19-25-26(20-32(31)56-14-2-8-38(45)46)28-22-34(58-16-4-10-40(49)50)36(60-18-6-12-42(53)54)24-30(28)29-23-35(59-17-5-11-41(51)52)33(21-27(25)29)57-15-3-9-39(47)48/h19-24H,1-18H2,(H,43,44)(H,45,46)(H,47,48)(H,49,50)(H,51,52)(H,53,54). The van der Waals surface area contributed by atoms with Crippen LogP contribution < -0.4 is 28.4 Å². The highest BCUT2D eigenvalue weighted by atomic mass is 16.5. The van der Waals surface area contributed by atoms with Crippen LogP contribution in [-0.2, 0) is 28.8 Å². The number of hydrogen-bond acceptors (Lipinski definition) is 12. The van der Waals surface area contributed by atoms with Gasteiger partial charge in [0.1, 0.15) is 0 Å². The lowest BCUT2D eigenvalue weighted by atomic mass is 9.93. The molecule has 0 saturated heterocycles. The lowest BCUT2D eigenvalue weighted by Crippen LogP contribution is -2.07. The maximum absolute atomic E-state index is 11.2. The molecule has 0 spiro atoms. The summed E-state index contributed by atoms with van der Waals surface area (Å²) in [4.78, 5) is 67.5. The highest BCUT2D eigenvalue weighted by molar-refractivity contribution is 6.26. The molecule has 0 unspecified atom stereocenters. The molecule has 0 saturated carbocycles. The number of aliphatic carboxylic acids is 6. The van der Waals surface area contributed by atoms with Gasteiger partial charge in [0.05, 0.1) is 39.6 Å². The summed E-state index contributed by atoms with van der Waals surface area (Å²) in [5.74, 6) is -4.70. The Balaban J connectivity index is 2.01. The Morgan fingerprint density at radius 2 is 0.417 bits per heavy atom. The maximum atomic E-state index is 11.2. The van der Waals surface area contributed by atoms with Crippen LogP contribution in [-0.4, -0.2) is 106 Å². The second-order valence-electron chi connectivity index (χ2n) is 13.6. The van der Waals surface area contributed by atoms with Crippen LogP contribution in [0.5, 0.6) is 34.5 Å². The molecule has 18 heteroatoms. The van der Waals surface area contributed by atoms with Crippen LogP contribution in [0.1, 0.15) is 77.0 Å². The molecule has 4 aromatic rings. The smallest absolute Gasteiger partial charge is 0.303 e. The van der Waals surface area contributed by atoms with E-state index in [2.05, 4.69) is 0 Å². The fourth-order valence-corrected chi connectivity index (χ4v) is 6.13. The first-order chi connectivity index (χ1) is 28.7. The molecule has 0 bridgehead atoms. The topological polar surface area (TPSA) is 279 Å². The Hall–Kier alpha value is -6.72. The summed E-state index contributed by atoms with van der Waals surface area (Å²) >= 11 is 0. The molecule has 6 N–H and O–H groups in total. The van der Waals surface area contributed by atoms with Crippen LogP contribution in [0.25, 0.3) is 32.3 Å². The summed E-state index contributed by atoms with van der Waals surface area (Å²) in [5, 5.41) is 58.6. The molecule has 0 atom stereocenters. The molecule has 324 valence electrons. The molecule has 0 heterocycles. The van der Waals surface area contributed by atoms with Crippen molar-refractivity contribution in [1.82, 2.24) is 0 Å². The highest BCUT2D eigenvalue weighted by Gasteiger charge is 2.21. The molecule has 0 amide bonds. The molecule has 0 radical (unpaired) electrons. The van der Waals surface area contributed by atoms with Gasteiger partial charge in [-0.2, -0.15) is 0 Å². The van der Waals surface area contributed by atoms with Gasteiger partial charge in [-0.1, -0.05) is 0 Å². The van der Waals surface area contributed by atoms with Gasteiger partial charge in [-0.05, 0) is 107 Å². The first kappa shape index (κ1) is 46.0. The highest BCUT2D eigenvalue weighted by Crippen LogP contribution is 2.47. The van der Waals surface area contributed by atoms with Gasteiger partial charge in [0, 0.05) is 38.5 Å². The van der Waals surface area contributed by atoms with Crippen molar-refractivity contribution >= 4 is 68.1 Å². The van der Waals surface area contributed by atoms with Gasteiger partial charge in [-0.25, -0.2) is 0 Å². The average molecular weight is 841 g/mol. The zero-order valence-corrected chi connectivity index (χ0v) is 32.8. The van der Waals surface area contributed by atoms with Crippen LogP contribution in [0.15, 0.2) is 36.4 Å². The van der Waals surface area contributed by atoms with E-state index in [9.17, 15) is 59.4 Å². The van der Waals surface area contributed by atoms with Gasteiger partial charge in [-0.15, -0.1) is 0 Å². The second-order valence-corrected chi connectivity index (χ2v) is 13.6. The molecule has 0 aliphatic heterocycles. The molecular weight excluding hydrogens is 792 g/mol. The van der Waals surface area contributed by atoms with E-state index in [4.69, 9.17) is 28.4 Å². The summed E-state index contributed by atoms with van der Waals surface area (Å²) in [6, 6.07) is 10.1. The van der Waals surface area contributed by atoms with Crippen molar-refractivity contribution in [3.8, 4) is 34.5 Å². The van der Waals surface area contributed by atoms with E-state index >= 15 is 0 Å². The van der Waals surface area contributed by atoms with E-state index in [0.717, 1.165) is 0 Å². The van der Waals surface area contributed by atoms with Crippen molar-refractivity contribution in [3.05, 3.63) is 36.4 Å². The van der Waals surface area contributed by atoms with E-state index in [0.29, 0.717) is 32.3 Å². The molecule has 18 nitrogen and oxygen atoms in total. The van der Waals surface area contributed by atoms with Gasteiger partial charge in [0.2, 0.25) is 0 Å². The van der Waals surface area contributed by atoms with E-state index in [1.807, 2.05) is 0 Å². The third-order valence-electron chi connectivity index (χ3n) is 8.88. The Morgan fingerprint density at radius 1 is 0.283 bits per heavy atom. The number of hydrogen-bond donors (Lipinski definition) is 6. The lowest BCUT2D eigenvalue weighted by Gasteiger charge is -2.20. The van der Waals surface area contributed by atoms with Crippen molar-refractivity contribution in [2.45, 2.75) is 77.0 Å². The van der Waals surface area contributed by atoms with Crippen molar-refractivity contribution in [2.24, 2.45) is 0 Å². The third-order valence-corrected chi connectivity index (χ3v) is 8.88. The normalized spacial score (nSPS) is 11.0. The van der Waals surface area contributed by atoms with Crippen molar-refractivity contribution in [1.29, 1.82) is 0 Å². The maximum Gasteiger partial charge on any atom is 0.303 e. The summed E-state index contributed by atoms with van der Waals surface area (Å²) in [6.07, 6.45) is 0.0163. The van der Waals surface area contributed by atoms with Gasteiger partial charge in [-0.3, -0.25) is 28.8 Å². The summed E-state index contributed by atoms with van der Waals surface area (Å²) in [7, 11) is 0. The zero-order chi connectivity index (χ0) is 43.6. The van der Waals surface area contributed by atoms with Crippen LogP contribution in [0, 0.1) is 0 Å². The SMILES string of the molecule is O=C(O)CCCOc1cc2c3cc(OCCCC(=O)O)c(OCCCC(=O)O)cc3c3cc(OCCCC(=O)O)c(OCCCC(=O)O)cc3c2cc1OCCCC(=O)O. The van der Waals surface area contributed by atoms with E-state index in [-0.39, 0.29) is 151 Å². The summed E-state index contributed by atoms with van der Waals surface area (Å²) < 4.78 is 36.5. The van der Waals surface area contributed by atoms with Crippen LogP contribution in [0.4, 0.5) is 0 Å². The van der Waals surface area contributed by atoms with E-state index < -0.39 is 35.8 Å². The molecule has 0 aliphatic carbocycles. The fraction of sp³-hybridized carbons (Fsp3) is 0.429. The number of carboxylic acid groups (broad SMARTS) is 6. The molecular formula is C42H48O18. The van der Waals surface area contributed by atoms with Crippen LogP contribution in [0.3, 0.4) is 0 Å². The number of benzene rings is 4. The minimum atomic E-state index is -1.01. The van der Waals surface area contributed by atoms with Gasteiger partial charge >= 0.3 is 35.8 Å². The lowest BCUT2D eigenvalue weighted by molar-refractivity contribution is -0.138. The Bertz CT molecular complexity index is 1760. The first-order valence-corrected chi connectivity index (χ1v) is 19.4. The van der Waals surface area contributed by atoms with Crippen molar-refractivity contribution in [3.63, 3.8) is 0 Å². The molecule has 60 heavy (non-hydrogen) atoms. The zero-order valence-electron chi connectivity index (χ0n) is 32.8. The molecule has 4 aromatic carbocycles. The molecule has 4 rings (SSSR count). The summed E-state index contributed by atoms with van der Waals surface area (Å²) in [6.45, 7) is -0.0120. The summed E-state index contributed by atoms with van der Waals surface area (Å²) in [5.41, 5.74) is 0. The Morgan fingerprint density at radius 3 is 0.533 bits per heavy atom. The second kappa shape index (κ2) is 23.0. The van der Waals surface area contributed by atoms with Gasteiger partial charge in [0.15, 0.2) is 34.5 Å². The third kappa shape index (κ3) is 14.3. The van der Waals surface area contributed by atoms with Gasteiger partial charge < -0.3 is 59.1 Å². The van der Waals surface area contributed by atoms with E-state index in [1.165, 1.54) is 0 Å². The first-order valence-electron chi connectivity index (χ1n) is 19.4.